The van der Waals surface area contributed by atoms with Gasteiger partial charge in [-0.3, -0.25) is 4.79 Å². The van der Waals surface area contributed by atoms with Crippen molar-refractivity contribution in [3.05, 3.63) is 47.3 Å². The molecule has 0 bridgehead atoms. The van der Waals surface area contributed by atoms with E-state index in [-0.39, 0.29) is 16.9 Å². The number of nitrogens with zero attached hydrogens (tertiary/aromatic N) is 1. The summed E-state index contributed by atoms with van der Waals surface area (Å²) >= 11 is 0. The van der Waals surface area contributed by atoms with Crippen molar-refractivity contribution in [2.24, 2.45) is 0 Å². The summed E-state index contributed by atoms with van der Waals surface area (Å²) < 4.78 is 4.55. The van der Waals surface area contributed by atoms with E-state index in [0.717, 1.165) is 0 Å². The zero-order valence-corrected chi connectivity index (χ0v) is 9.51. The molecular weight excluding hydrogens is 236 g/mol. The minimum absolute atomic E-state index is 0.0642. The molecule has 2 aromatic rings. The van der Waals surface area contributed by atoms with Crippen molar-refractivity contribution in [3.8, 4) is 0 Å². The SMILES string of the molecule is Cc1cccc(NC(=O)c2ccon2)c1C(=O)O. The van der Waals surface area contributed by atoms with Crippen molar-refractivity contribution in [2.75, 3.05) is 5.32 Å². The van der Waals surface area contributed by atoms with Crippen molar-refractivity contribution in [1.29, 1.82) is 0 Å². The first-order chi connectivity index (χ1) is 8.59. The predicted octanol–water partition coefficient (Wildman–Crippen LogP) is 1.93. The number of aromatic nitrogens is 1. The Labute approximate surface area is 102 Å². The number of hydrogen-bond acceptors (Lipinski definition) is 4. The number of nitrogens with one attached hydrogen (secondary N) is 1. The molecule has 0 unspecified atom stereocenters. The molecule has 0 saturated heterocycles. The van der Waals surface area contributed by atoms with Crippen LogP contribution in [-0.4, -0.2) is 22.1 Å². The van der Waals surface area contributed by atoms with Crippen LogP contribution in [0.3, 0.4) is 0 Å². The molecule has 1 aromatic heterocycles. The Morgan fingerprint density at radius 2 is 2.11 bits per heavy atom. The first-order valence-electron chi connectivity index (χ1n) is 5.14. The van der Waals surface area contributed by atoms with Gasteiger partial charge in [0.15, 0.2) is 5.69 Å². The summed E-state index contributed by atoms with van der Waals surface area (Å²) in [4.78, 5) is 22.9. The standard InChI is InChI=1S/C12H10N2O4/c1-7-3-2-4-8(10(7)12(16)17)13-11(15)9-5-6-18-14-9/h2-6H,1H3,(H,13,15)(H,16,17). The summed E-state index contributed by atoms with van der Waals surface area (Å²) in [6.07, 6.45) is 1.27. The molecule has 2 N–H and O–H groups in total. The fraction of sp³-hybridized carbons (Fsp3) is 0.0833. The minimum Gasteiger partial charge on any atom is -0.478 e. The van der Waals surface area contributed by atoms with Crippen molar-refractivity contribution in [1.82, 2.24) is 5.16 Å². The quantitative estimate of drug-likeness (QED) is 0.863. The third-order valence-electron chi connectivity index (χ3n) is 2.41. The fourth-order valence-electron chi connectivity index (χ4n) is 1.57. The van der Waals surface area contributed by atoms with E-state index < -0.39 is 11.9 Å². The van der Waals surface area contributed by atoms with E-state index in [1.54, 1.807) is 19.1 Å². The van der Waals surface area contributed by atoms with Crippen LogP contribution >= 0.6 is 0 Å². The number of carbonyl (C=O) groups is 2. The second kappa shape index (κ2) is 4.70. The van der Waals surface area contributed by atoms with Crippen LogP contribution in [0.4, 0.5) is 5.69 Å². The summed E-state index contributed by atoms with van der Waals surface area (Å²) in [5.74, 6) is -1.61. The van der Waals surface area contributed by atoms with Crippen LogP contribution in [0, 0.1) is 6.92 Å². The topological polar surface area (TPSA) is 92.4 Å². The maximum Gasteiger partial charge on any atom is 0.338 e. The molecule has 0 spiro atoms. The second-order valence-corrected chi connectivity index (χ2v) is 3.64. The van der Waals surface area contributed by atoms with Gasteiger partial charge in [-0.2, -0.15) is 0 Å². The highest BCUT2D eigenvalue weighted by Crippen LogP contribution is 2.20. The molecule has 6 nitrogen and oxygen atoms in total. The van der Waals surface area contributed by atoms with Crippen molar-refractivity contribution < 1.29 is 19.2 Å². The summed E-state index contributed by atoms with van der Waals surface area (Å²) in [5.41, 5.74) is 0.957. The van der Waals surface area contributed by atoms with E-state index in [1.807, 2.05) is 0 Å². The average molecular weight is 246 g/mol. The predicted molar refractivity (Wildman–Crippen MR) is 62.6 cm³/mol. The number of aromatic carboxylic acids is 1. The monoisotopic (exact) mass is 246 g/mol. The molecule has 0 radical (unpaired) electrons. The van der Waals surface area contributed by atoms with Crippen molar-refractivity contribution >= 4 is 17.6 Å². The number of carboxylic acids is 1. The number of benzene rings is 1. The molecule has 6 heteroatoms. The summed E-state index contributed by atoms with van der Waals surface area (Å²) in [5, 5.41) is 15.1. The second-order valence-electron chi connectivity index (χ2n) is 3.64. The smallest absolute Gasteiger partial charge is 0.338 e. The normalized spacial score (nSPS) is 10.1. The van der Waals surface area contributed by atoms with Gasteiger partial charge < -0.3 is 14.9 Å². The van der Waals surface area contributed by atoms with Crippen molar-refractivity contribution in [2.45, 2.75) is 6.92 Å². The van der Waals surface area contributed by atoms with Gasteiger partial charge in [0.05, 0.1) is 11.3 Å². The average Bonchev–Trinajstić information content (AvgIpc) is 2.81. The fourth-order valence-corrected chi connectivity index (χ4v) is 1.57. The molecule has 0 saturated carbocycles. The maximum atomic E-state index is 11.7. The van der Waals surface area contributed by atoms with Crippen LogP contribution in [-0.2, 0) is 0 Å². The summed E-state index contributed by atoms with van der Waals surface area (Å²) in [6.45, 7) is 1.66. The van der Waals surface area contributed by atoms with Crippen LogP contribution in [0.2, 0.25) is 0 Å². The molecule has 18 heavy (non-hydrogen) atoms. The van der Waals surface area contributed by atoms with Gasteiger partial charge in [-0.05, 0) is 18.6 Å². The summed E-state index contributed by atoms with van der Waals surface area (Å²) in [7, 11) is 0. The van der Waals surface area contributed by atoms with E-state index in [1.165, 1.54) is 18.4 Å². The Balaban J connectivity index is 2.32. The van der Waals surface area contributed by atoms with Crippen LogP contribution in [0.5, 0.6) is 0 Å². The Bertz CT molecular complexity index is 590. The van der Waals surface area contributed by atoms with Crippen LogP contribution in [0.1, 0.15) is 26.4 Å². The Morgan fingerprint density at radius 3 is 2.72 bits per heavy atom. The van der Waals surface area contributed by atoms with E-state index in [4.69, 9.17) is 5.11 Å². The lowest BCUT2D eigenvalue weighted by Gasteiger charge is -2.09. The lowest BCUT2D eigenvalue weighted by atomic mass is 10.1. The third-order valence-corrected chi connectivity index (χ3v) is 2.41. The first kappa shape index (κ1) is 11.8. The van der Waals surface area contributed by atoms with Gasteiger partial charge in [0, 0.05) is 6.07 Å². The minimum atomic E-state index is -1.09. The van der Waals surface area contributed by atoms with Gasteiger partial charge in [0.1, 0.15) is 6.26 Å². The van der Waals surface area contributed by atoms with Crippen LogP contribution in [0.25, 0.3) is 0 Å². The highest BCUT2D eigenvalue weighted by atomic mass is 16.5. The molecule has 1 aromatic carbocycles. The molecule has 0 aliphatic carbocycles. The number of hydrogen-bond donors (Lipinski definition) is 2. The molecule has 92 valence electrons. The molecular formula is C12H10N2O4. The number of carboxylic acid groups (broad SMARTS) is 1. The Hall–Kier alpha value is -2.63. The lowest BCUT2D eigenvalue weighted by Crippen LogP contribution is -2.15. The van der Waals surface area contributed by atoms with E-state index in [0.29, 0.717) is 5.56 Å². The number of amides is 1. The first-order valence-corrected chi connectivity index (χ1v) is 5.14. The van der Waals surface area contributed by atoms with Gasteiger partial charge in [-0.25, -0.2) is 4.79 Å². The van der Waals surface area contributed by atoms with Crippen LogP contribution < -0.4 is 5.32 Å². The highest BCUT2D eigenvalue weighted by molar-refractivity contribution is 6.07. The largest absolute Gasteiger partial charge is 0.478 e. The Kier molecular flexibility index (Phi) is 3.09. The van der Waals surface area contributed by atoms with Crippen molar-refractivity contribution in [3.63, 3.8) is 0 Å². The molecule has 0 aliphatic heterocycles. The van der Waals surface area contributed by atoms with Crippen LogP contribution in [0.15, 0.2) is 35.1 Å². The number of carbonyl (C=O) groups excluding carboxylic acids is 1. The molecule has 2 rings (SSSR count). The van der Waals surface area contributed by atoms with Gasteiger partial charge in [0.2, 0.25) is 0 Å². The molecule has 1 heterocycles. The van der Waals surface area contributed by atoms with E-state index in [9.17, 15) is 9.59 Å². The maximum absolute atomic E-state index is 11.7. The molecule has 0 aliphatic rings. The van der Waals surface area contributed by atoms with Gasteiger partial charge in [0.25, 0.3) is 5.91 Å². The molecule has 0 atom stereocenters. The number of aryl methyl sites for hydroxylation is 1. The highest BCUT2D eigenvalue weighted by Gasteiger charge is 2.16. The lowest BCUT2D eigenvalue weighted by molar-refractivity contribution is 0.0697. The van der Waals surface area contributed by atoms with E-state index >= 15 is 0 Å². The zero-order valence-electron chi connectivity index (χ0n) is 9.51. The van der Waals surface area contributed by atoms with Gasteiger partial charge >= 0.3 is 5.97 Å². The van der Waals surface area contributed by atoms with Gasteiger partial charge in [-0.1, -0.05) is 17.3 Å². The number of anilines is 1. The van der Waals surface area contributed by atoms with E-state index in [2.05, 4.69) is 15.0 Å². The third kappa shape index (κ3) is 2.22. The number of rotatable bonds is 3. The van der Waals surface area contributed by atoms with Gasteiger partial charge in [-0.15, -0.1) is 0 Å². The molecule has 1 amide bonds. The molecule has 0 fully saturated rings. The Morgan fingerprint density at radius 1 is 1.33 bits per heavy atom. The zero-order chi connectivity index (χ0) is 13.1. The summed E-state index contributed by atoms with van der Waals surface area (Å²) in [6, 6.07) is 6.25.